The van der Waals surface area contributed by atoms with Crippen molar-refractivity contribution in [3.8, 4) is 5.75 Å². The number of benzene rings is 2. The number of likely N-dealkylation sites (tertiary alicyclic amines) is 1. The molecule has 0 spiro atoms. The summed E-state index contributed by atoms with van der Waals surface area (Å²) in [5.74, 6) is -1.31. The van der Waals surface area contributed by atoms with Gasteiger partial charge in [-0.1, -0.05) is 12.1 Å². The number of hydrogen-bond donors (Lipinski definition) is 1. The van der Waals surface area contributed by atoms with Crippen molar-refractivity contribution in [2.75, 3.05) is 39.4 Å². The minimum atomic E-state index is -0.961. The highest BCUT2D eigenvalue weighted by Gasteiger charge is 2.46. The average Bonchev–Trinajstić information content (AvgIpc) is 3.12. The van der Waals surface area contributed by atoms with Gasteiger partial charge in [0.2, 0.25) is 0 Å². The van der Waals surface area contributed by atoms with Crippen LogP contribution in [0.4, 0.5) is 5.69 Å². The zero-order chi connectivity index (χ0) is 25.8. The molecule has 4 rings (SSSR count). The number of rotatable bonds is 8. The van der Waals surface area contributed by atoms with E-state index in [1.807, 2.05) is 13.8 Å². The monoisotopic (exact) mass is 495 g/mol. The number of nitro benzene ring substituents is 1. The second-order valence-electron chi connectivity index (χ2n) is 8.99. The standard InChI is InChI=1S/C26H29N3O7/c1-17(2)36-21-8-6-18(7-9-21)24(30)22-23(19-4-3-5-20(16-19)29(33)34)28(26(32)25(22)31)11-10-27-12-14-35-15-13-27/h3-9,16-17,23,30H,10-15H2,1-2H3/b24-22+/t23-/m1/s1. The predicted octanol–water partition coefficient (Wildman–Crippen LogP) is 3.14. The van der Waals surface area contributed by atoms with Gasteiger partial charge in [-0.3, -0.25) is 24.6 Å². The lowest BCUT2D eigenvalue weighted by Gasteiger charge is -2.31. The number of nitro groups is 1. The van der Waals surface area contributed by atoms with Gasteiger partial charge in [-0.05, 0) is 43.7 Å². The average molecular weight is 496 g/mol. The molecule has 2 fully saturated rings. The second-order valence-corrected chi connectivity index (χ2v) is 8.99. The maximum atomic E-state index is 13.2. The van der Waals surface area contributed by atoms with Crippen molar-refractivity contribution in [1.29, 1.82) is 0 Å². The van der Waals surface area contributed by atoms with E-state index in [1.165, 1.54) is 23.1 Å². The minimum Gasteiger partial charge on any atom is -0.507 e. The summed E-state index contributed by atoms with van der Waals surface area (Å²) in [4.78, 5) is 40.7. The Hall–Kier alpha value is -3.76. The van der Waals surface area contributed by atoms with Crippen LogP contribution in [0.15, 0.2) is 54.1 Å². The van der Waals surface area contributed by atoms with Crippen LogP contribution < -0.4 is 4.74 Å². The number of ether oxygens (including phenoxy) is 2. The molecule has 36 heavy (non-hydrogen) atoms. The summed E-state index contributed by atoms with van der Waals surface area (Å²) in [6.45, 7) is 7.09. The molecule has 0 aliphatic carbocycles. The molecule has 2 saturated heterocycles. The Morgan fingerprint density at radius 1 is 1.14 bits per heavy atom. The maximum absolute atomic E-state index is 13.2. The van der Waals surface area contributed by atoms with E-state index < -0.39 is 22.7 Å². The summed E-state index contributed by atoms with van der Waals surface area (Å²) in [7, 11) is 0. The third-order valence-electron chi connectivity index (χ3n) is 6.20. The number of nitrogens with zero attached hydrogens (tertiary/aromatic N) is 3. The summed E-state index contributed by atoms with van der Waals surface area (Å²) >= 11 is 0. The Bertz CT molecular complexity index is 1170. The third kappa shape index (κ3) is 5.39. The summed E-state index contributed by atoms with van der Waals surface area (Å²) in [6, 6.07) is 11.4. The topological polar surface area (TPSA) is 122 Å². The number of morpholine rings is 1. The first-order valence-corrected chi connectivity index (χ1v) is 11.9. The molecule has 2 heterocycles. The summed E-state index contributed by atoms with van der Waals surface area (Å²) in [6.07, 6.45) is -0.0323. The highest BCUT2D eigenvalue weighted by molar-refractivity contribution is 6.46. The van der Waals surface area contributed by atoms with Crippen molar-refractivity contribution < 1.29 is 29.1 Å². The highest BCUT2D eigenvalue weighted by atomic mass is 16.6. The van der Waals surface area contributed by atoms with Gasteiger partial charge in [0.05, 0.1) is 35.9 Å². The van der Waals surface area contributed by atoms with Gasteiger partial charge in [0.15, 0.2) is 0 Å². The van der Waals surface area contributed by atoms with Crippen molar-refractivity contribution in [1.82, 2.24) is 9.80 Å². The van der Waals surface area contributed by atoms with Crippen LogP contribution in [0.1, 0.15) is 31.0 Å². The third-order valence-corrected chi connectivity index (χ3v) is 6.20. The molecule has 1 amide bonds. The fourth-order valence-electron chi connectivity index (χ4n) is 4.46. The molecule has 2 aliphatic rings. The summed E-state index contributed by atoms with van der Waals surface area (Å²) in [5.41, 5.74) is 0.459. The van der Waals surface area contributed by atoms with E-state index in [9.17, 15) is 24.8 Å². The lowest BCUT2D eigenvalue weighted by Crippen LogP contribution is -2.42. The first-order chi connectivity index (χ1) is 17.3. The number of carbonyl (C=O) groups excluding carboxylic acids is 2. The van der Waals surface area contributed by atoms with Gasteiger partial charge >= 0.3 is 0 Å². The van der Waals surface area contributed by atoms with E-state index >= 15 is 0 Å². The molecule has 2 aliphatic heterocycles. The van der Waals surface area contributed by atoms with Crippen LogP contribution in [0, 0.1) is 10.1 Å². The second kappa shape index (κ2) is 10.9. The van der Waals surface area contributed by atoms with Gasteiger partial charge in [-0.25, -0.2) is 0 Å². The van der Waals surface area contributed by atoms with Gasteiger partial charge in [0.1, 0.15) is 11.5 Å². The molecule has 10 heteroatoms. The van der Waals surface area contributed by atoms with Gasteiger partial charge in [0, 0.05) is 43.9 Å². The number of non-ortho nitro benzene ring substituents is 1. The van der Waals surface area contributed by atoms with Crippen molar-refractivity contribution in [3.63, 3.8) is 0 Å². The number of carbonyl (C=O) groups is 2. The molecular formula is C26H29N3O7. The quantitative estimate of drug-likeness (QED) is 0.195. The first-order valence-electron chi connectivity index (χ1n) is 11.9. The number of hydrogen-bond acceptors (Lipinski definition) is 8. The number of ketones is 1. The smallest absolute Gasteiger partial charge is 0.295 e. The predicted molar refractivity (Wildman–Crippen MR) is 132 cm³/mol. The van der Waals surface area contributed by atoms with Crippen LogP contribution in [-0.2, 0) is 14.3 Å². The number of aliphatic hydroxyl groups excluding tert-OH is 1. The van der Waals surface area contributed by atoms with Gasteiger partial charge < -0.3 is 19.5 Å². The van der Waals surface area contributed by atoms with E-state index in [1.54, 1.807) is 30.3 Å². The molecule has 0 aromatic heterocycles. The van der Waals surface area contributed by atoms with Crippen LogP contribution in [-0.4, -0.2) is 77.0 Å². The molecule has 0 unspecified atom stereocenters. The fourth-order valence-corrected chi connectivity index (χ4v) is 4.46. The molecular weight excluding hydrogens is 466 g/mol. The van der Waals surface area contributed by atoms with Gasteiger partial charge in [-0.2, -0.15) is 0 Å². The molecule has 1 atom stereocenters. The molecule has 1 N–H and O–H groups in total. The van der Waals surface area contributed by atoms with E-state index in [0.717, 1.165) is 0 Å². The molecule has 0 radical (unpaired) electrons. The molecule has 2 aromatic rings. The van der Waals surface area contributed by atoms with E-state index in [-0.39, 0.29) is 29.7 Å². The van der Waals surface area contributed by atoms with Gasteiger partial charge in [0.25, 0.3) is 17.4 Å². The Kier molecular flexibility index (Phi) is 7.66. The molecule has 10 nitrogen and oxygen atoms in total. The molecule has 2 aromatic carbocycles. The lowest BCUT2D eigenvalue weighted by molar-refractivity contribution is -0.384. The summed E-state index contributed by atoms with van der Waals surface area (Å²) < 4.78 is 11.0. The Morgan fingerprint density at radius 2 is 1.83 bits per heavy atom. The Labute approximate surface area is 208 Å². The first kappa shape index (κ1) is 25.3. The normalized spacial score (nSPS) is 20.2. The van der Waals surface area contributed by atoms with E-state index in [0.29, 0.717) is 49.7 Å². The van der Waals surface area contributed by atoms with Crippen molar-refractivity contribution in [3.05, 3.63) is 75.3 Å². The van der Waals surface area contributed by atoms with Crippen LogP contribution in [0.5, 0.6) is 5.75 Å². The Balaban J connectivity index is 1.73. The van der Waals surface area contributed by atoms with Crippen LogP contribution in [0.2, 0.25) is 0 Å². The molecule has 0 bridgehead atoms. The lowest BCUT2D eigenvalue weighted by atomic mass is 9.95. The zero-order valence-electron chi connectivity index (χ0n) is 20.3. The number of Topliss-reactive ketones (excluding diaryl/α,β-unsaturated/α-hetero) is 1. The van der Waals surface area contributed by atoms with Crippen LogP contribution in [0.25, 0.3) is 5.76 Å². The van der Waals surface area contributed by atoms with E-state index in [4.69, 9.17) is 9.47 Å². The SMILES string of the molecule is CC(C)Oc1ccc(/C(O)=C2\C(=O)C(=O)N(CCN3CCOCC3)[C@@H]2c2cccc([N+](=O)[O-])c2)cc1. The fraction of sp³-hybridized carbons (Fsp3) is 0.385. The van der Waals surface area contributed by atoms with Crippen molar-refractivity contribution in [2.45, 2.75) is 26.0 Å². The van der Waals surface area contributed by atoms with Gasteiger partial charge in [-0.15, -0.1) is 0 Å². The molecule has 190 valence electrons. The maximum Gasteiger partial charge on any atom is 0.295 e. The molecule has 0 saturated carbocycles. The Morgan fingerprint density at radius 3 is 2.47 bits per heavy atom. The largest absolute Gasteiger partial charge is 0.507 e. The zero-order valence-corrected chi connectivity index (χ0v) is 20.3. The number of aliphatic hydroxyl groups is 1. The van der Waals surface area contributed by atoms with E-state index in [2.05, 4.69) is 4.90 Å². The minimum absolute atomic E-state index is 0.0323. The number of amides is 1. The van der Waals surface area contributed by atoms with Crippen LogP contribution >= 0.6 is 0 Å². The highest BCUT2D eigenvalue weighted by Crippen LogP contribution is 2.40. The van der Waals surface area contributed by atoms with Crippen molar-refractivity contribution >= 4 is 23.1 Å². The summed E-state index contributed by atoms with van der Waals surface area (Å²) in [5, 5.41) is 22.6. The van der Waals surface area contributed by atoms with Crippen LogP contribution in [0.3, 0.4) is 0 Å². The van der Waals surface area contributed by atoms with Crippen molar-refractivity contribution in [2.24, 2.45) is 0 Å².